The molecule has 0 radical (unpaired) electrons. The fourth-order valence-electron chi connectivity index (χ4n) is 4.94. The van der Waals surface area contributed by atoms with E-state index in [-0.39, 0.29) is 0 Å². The van der Waals surface area contributed by atoms with Gasteiger partial charge in [0.05, 0.1) is 14.2 Å². The van der Waals surface area contributed by atoms with Crippen LogP contribution in [0.4, 0.5) is 0 Å². The molecule has 1 aliphatic heterocycles. The molecular formula is C27H27NO2. The molecule has 0 saturated carbocycles. The number of benzene rings is 4. The van der Waals surface area contributed by atoms with Crippen molar-refractivity contribution in [3.8, 4) is 11.5 Å². The van der Waals surface area contributed by atoms with Gasteiger partial charge in [-0.2, -0.15) is 0 Å². The molecule has 152 valence electrons. The maximum Gasteiger partial charge on any atom is 0.161 e. The fourth-order valence-corrected chi connectivity index (χ4v) is 4.94. The third-order valence-corrected chi connectivity index (χ3v) is 6.55. The topological polar surface area (TPSA) is 21.7 Å². The molecule has 0 spiro atoms. The van der Waals surface area contributed by atoms with E-state index in [2.05, 4.69) is 78.7 Å². The predicted molar refractivity (Wildman–Crippen MR) is 124 cm³/mol. The Kier molecular flexibility index (Phi) is 4.84. The Morgan fingerprint density at radius 3 is 2.07 bits per heavy atom. The van der Waals surface area contributed by atoms with Crippen LogP contribution >= 0.6 is 0 Å². The van der Waals surface area contributed by atoms with Crippen LogP contribution in [-0.4, -0.2) is 32.7 Å². The zero-order chi connectivity index (χ0) is 20.7. The summed E-state index contributed by atoms with van der Waals surface area (Å²) in [5.74, 6) is 1.62. The first-order valence-corrected chi connectivity index (χ1v) is 10.5. The Hall–Kier alpha value is -3.04. The lowest BCUT2D eigenvalue weighted by Crippen LogP contribution is -2.33. The molecule has 0 bridgehead atoms. The van der Waals surface area contributed by atoms with E-state index in [4.69, 9.17) is 9.47 Å². The summed E-state index contributed by atoms with van der Waals surface area (Å²) >= 11 is 0. The summed E-state index contributed by atoms with van der Waals surface area (Å²) in [4.78, 5) is 2.48. The van der Waals surface area contributed by atoms with Gasteiger partial charge in [0.25, 0.3) is 0 Å². The van der Waals surface area contributed by atoms with E-state index in [9.17, 15) is 0 Å². The molecule has 0 N–H and O–H groups in total. The van der Waals surface area contributed by atoms with Gasteiger partial charge < -0.3 is 9.47 Å². The number of methoxy groups -OCH3 is 2. The lowest BCUT2D eigenvalue weighted by molar-refractivity contribution is 0.228. The second kappa shape index (κ2) is 7.66. The van der Waals surface area contributed by atoms with Gasteiger partial charge in [-0.1, -0.05) is 48.5 Å². The van der Waals surface area contributed by atoms with Crippen LogP contribution in [0.1, 0.15) is 22.7 Å². The highest BCUT2D eigenvalue weighted by Gasteiger charge is 2.28. The van der Waals surface area contributed by atoms with Gasteiger partial charge in [0, 0.05) is 12.6 Å². The standard InChI is InChI=1S/C27H27NO2/c1-28-13-12-20-15-26(29-2)27(30-3)17-23(20)25(28)16-24-21-10-6-4-8-18(21)14-19-9-5-7-11-22(19)24/h4-11,14-15,17,25H,12-13,16H2,1-3H3/t25-/m0/s1. The largest absolute Gasteiger partial charge is 0.493 e. The van der Waals surface area contributed by atoms with Gasteiger partial charge in [-0.3, -0.25) is 4.90 Å². The van der Waals surface area contributed by atoms with Crippen LogP contribution in [0.15, 0.2) is 66.7 Å². The van der Waals surface area contributed by atoms with Crippen molar-refractivity contribution in [2.75, 3.05) is 27.8 Å². The van der Waals surface area contributed by atoms with E-state index >= 15 is 0 Å². The first-order chi connectivity index (χ1) is 14.7. The molecule has 0 fully saturated rings. The maximum absolute atomic E-state index is 5.63. The molecule has 0 aromatic heterocycles. The van der Waals surface area contributed by atoms with Crippen molar-refractivity contribution in [3.63, 3.8) is 0 Å². The Bertz CT molecular complexity index is 1180. The van der Waals surface area contributed by atoms with Crippen LogP contribution in [0.5, 0.6) is 11.5 Å². The summed E-state index contributed by atoms with van der Waals surface area (Å²) in [6.45, 7) is 1.04. The molecule has 0 amide bonds. The van der Waals surface area contributed by atoms with Gasteiger partial charge in [-0.25, -0.2) is 0 Å². The van der Waals surface area contributed by atoms with Gasteiger partial charge in [-0.15, -0.1) is 0 Å². The number of likely N-dealkylation sites (N-methyl/N-ethyl adjacent to an activating group) is 1. The average molecular weight is 398 g/mol. The van der Waals surface area contributed by atoms with E-state index in [1.807, 2.05) is 0 Å². The third kappa shape index (κ3) is 3.10. The molecule has 5 rings (SSSR count). The maximum atomic E-state index is 5.63. The predicted octanol–water partition coefficient (Wildman–Crippen LogP) is 5.78. The molecule has 1 aliphatic rings. The van der Waals surface area contributed by atoms with Crippen molar-refractivity contribution in [1.82, 2.24) is 4.90 Å². The average Bonchev–Trinajstić information content (AvgIpc) is 2.79. The van der Waals surface area contributed by atoms with E-state index < -0.39 is 0 Å². The van der Waals surface area contributed by atoms with Crippen LogP contribution < -0.4 is 9.47 Å². The summed E-state index contributed by atoms with van der Waals surface area (Å²) in [6.07, 6.45) is 1.99. The Labute approximate surface area is 177 Å². The monoisotopic (exact) mass is 397 g/mol. The number of fused-ring (bicyclic) bond motifs is 3. The minimum absolute atomic E-state index is 0.294. The van der Waals surface area contributed by atoms with E-state index in [1.165, 1.54) is 38.2 Å². The SMILES string of the molecule is COc1cc2c(cc1OC)[C@H](Cc1c3ccccc3cc3ccccc13)N(C)CC2. The third-order valence-electron chi connectivity index (χ3n) is 6.55. The molecule has 0 saturated heterocycles. The normalized spacial score (nSPS) is 16.6. The van der Waals surface area contributed by atoms with Crippen LogP contribution in [0.25, 0.3) is 21.5 Å². The summed E-state index contributed by atoms with van der Waals surface area (Å²) in [6, 6.07) is 24.4. The molecule has 3 heteroatoms. The second-order valence-corrected chi connectivity index (χ2v) is 8.15. The number of rotatable bonds is 4. The lowest BCUT2D eigenvalue weighted by Gasteiger charge is -2.36. The first-order valence-electron chi connectivity index (χ1n) is 10.5. The Morgan fingerprint density at radius 2 is 1.43 bits per heavy atom. The van der Waals surface area contributed by atoms with Gasteiger partial charge in [0.2, 0.25) is 0 Å². The van der Waals surface area contributed by atoms with Gasteiger partial charge in [0.15, 0.2) is 11.5 Å². The van der Waals surface area contributed by atoms with Crippen molar-refractivity contribution in [2.24, 2.45) is 0 Å². The number of hydrogen-bond donors (Lipinski definition) is 0. The highest BCUT2D eigenvalue weighted by atomic mass is 16.5. The number of ether oxygens (including phenoxy) is 2. The van der Waals surface area contributed by atoms with E-state index in [0.29, 0.717) is 6.04 Å². The van der Waals surface area contributed by atoms with Crippen molar-refractivity contribution in [1.29, 1.82) is 0 Å². The Balaban J connectivity index is 1.69. The molecule has 1 heterocycles. The highest BCUT2D eigenvalue weighted by molar-refractivity contribution is 6.02. The van der Waals surface area contributed by atoms with Crippen molar-refractivity contribution >= 4 is 21.5 Å². The van der Waals surface area contributed by atoms with Crippen LogP contribution in [-0.2, 0) is 12.8 Å². The number of nitrogens with zero attached hydrogens (tertiary/aromatic N) is 1. The first kappa shape index (κ1) is 19.0. The minimum Gasteiger partial charge on any atom is -0.493 e. The molecule has 0 unspecified atom stereocenters. The number of hydrogen-bond acceptors (Lipinski definition) is 3. The molecule has 0 aliphatic carbocycles. The summed E-state index contributed by atoms with van der Waals surface area (Å²) in [5.41, 5.74) is 4.13. The minimum atomic E-state index is 0.294. The van der Waals surface area contributed by atoms with Gasteiger partial charge >= 0.3 is 0 Å². The van der Waals surface area contributed by atoms with Gasteiger partial charge in [-0.05, 0) is 76.3 Å². The molecule has 4 aromatic rings. The molecule has 4 aromatic carbocycles. The van der Waals surface area contributed by atoms with Crippen LogP contribution in [0, 0.1) is 0 Å². The molecular weight excluding hydrogens is 370 g/mol. The van der Waals surface area contributed by atoms with Gasteiger partial charge in [0.1, 0.15) is 0 Å². The summed E-state index contributed by atoms with van der Waals surface area (Å²) < 4.78 is 11.2. The lowest BCUT2D eigenvalue weighted by atomic mass is 9.85. The second-order valence-electron chi connectivity index (χ2n) is 8.15. The zero-order valence-corrected chi connectivity index (χ0v) is 17.8. The van der Waals surface area contributed by atoms with Crippen molar-refractivity contribution in [2.45, 2.75) is 18.9 Å². The van der Waals surface area contributed by atoms with E-state index in [0.717, 1.165) is 30.9 Å². The molecule has 1 atom stereocenters. The quantitative estimate of drug-likeness (QED) is 0.407. The zero-order valence-electron chi connectivity index (χ0n) is 17.8. The van der Waals surface area contributed by atoms with E-state index in [1.54, 1.807) is 14.2 Å². The van der Waals surface area contributed by atoms with Crippen LogP contribution in [0.2, 0.25) is 0 Å². The highest BCUT2D eigenvalue weighted by Crippen LogP contribution is 2.40. The fraction of sp³-hybridized carbons (Fsp3) is 0.259. The smallest absolute Gasteiger partial charge is 0.161 e. The summed E-state index contributed by atoms with van der Waals surface area (Å²) in [7, 11) is 5.65. The van der Waals surface area contributed by atoms with Crippen molar-refractivity contribution in [3.05, 3.63) is 83.4 Å². The Morgan fingerprint density at radius 1 is 0.833 bits per heavy atom. The van der Waals surface area contributed by atoms with Crippen molar-refractivity contribution < 1.29 is 9.47 Å². The molecule has 30 heavy (non-hydrogen) atoms. The molecule has 3 nitrogen and oxygen atoms in total. The summed E-state index contributed by atoms with van der Waals surface area (Å²) in [5, 5.41) is 5.30. The van der Waals surface area contributed by atoms with Crippen LogP contribution in [0.3, 0.4) is 0 Å².